The van der Waals surface area contributed by atoms with Crippen LogP contribution in [0, 0.1) is 6.92 Å². The minimum Gasteiger partial charge on any atom is -0.497 e. The van der Waals surface area contributed by atoms with Gasteiger partial charge in [0.05, 0.1) is 37.2 Å². The summed E-state index contributed by atoms with van der Waals surface area (Å²) >= 11 is 0. The maximum atomic E-state index is 12.7. The molecule has 0 bridgehead atoms. The molecule has 0 saturated heterocycles. The van der Waals surface area contributed by atoms with E-state index >= 15 is 0 Å². The molecule has 0 aliphatic heterocycles. The Morgan fingerprint density at radius 3 is 2.45 bits per heavy atom. The highest BCUT2D eigenvalue weighted by molar-refractivity contribution is 5.80. The minimum atomic E-state index is -0.241. The predicted molar refractivity (Wildman–Crippen MR) is 130 cm³/mol. The number of hydrogen-bond donors (Lipinski definition) is 1. The van der Waals surface area contributed by atoms with Crippen LogP contribution < -0.4 is 14.8 Å². The first-order valence-electron chi connectivity index (χ1n) is 11.1. The Morgan fingerprint density at radius 2 is 1.70 bits per heavy atom. The molecule has 0 spiro atoms. The number of ether oxygens (including phenoxy) is 2. The summed E-state index contributed by atoms with van der Waals surface area (Å²) in [5, 5.41) is 3.12. The largest absolute Gasteiger partial charge is 0.497 e. The maximum Gasteiger partial charge on any atom is 0.225 e. The smallest absolute Gasteiger partial charge is 0.225 e. The summed E-state index contributed by atoms with van der Waals surface area (Å²) in [6, 6.07) is 23.2. The van der Waals surface area contributed by atoms with Crippen LogP contribution in [0.1, 0.15) is 29.9 Å². The molecule has 1 N–H and O–H groups in total. The Bertz CT molecular complexity index is 1230. The van der Waals surface area contributed by atoms with Gasteiger partial charge in [0.2, 0.25) is 5.91 Å². The van der Waals surface area contributed by atoms with Crippen molar-refractivity contribution in [3.8, 4) is 11.5 Å². The molecule has 170 valence electrons. The number of rotatable bonds is 9. The number of benzene rings is 3. The van der Waals surface area contributed by atoms with Crippen molar-refractivity contribution >= 4 is 16.9 Å². The number of nitrogens with zero attached hydrogens (tertiary/aromatic N) is 2. The van der Waals surface area contributed by atoms with Gasteiger partial charge in [-0.3, -0.25) is 4.79 Å². The first-order chi connectivity index (χ1) is 16.0. The second-order valence-electron chi connectivity index (χ2n) is 8.03. The molecule has 6 heteroatoms. The molecular weight excluding hydrogens is 414 g/mol. The van der Waals surface area contributed by atoms with Gasteiger partial charge in [-0.25, -0.2) is 4.98 Å². The number of aryl methyl sites for hydroxylation is 1. The molecule has 0 fully saturated rings. The highest BCUT2D eigenvalue weighted by atomic mass is 16.5. The number of methoxy groups -OCH3 is 1. The monoisotopic (exact) mass is 443 g/mol. The number of amides is 1. The van der Waals surface area contributed by atoms with Gasteiger partial charge in [0.1, 0.15) is 23.9 Å². The highest BCUT2D eigenvalue weighted by Crippen LogP contribution is 2.22. The molecule has 0 radical (unpaired) electrons. The average Bonchev–Trinajstić information content (AvgIpc) is 3.20. The fourth-order valence-corrected chi connectivity index (χ4v) is 3.92. The number of fused-ring (bicyclic) bond motifs is 1. The van der Waals surface area contributed by atoms with Crippen molar-refractivity contribution in [2.75, 3.05) is 13.7 Å². The fourth-order valence-electron chi connectivity index (χ4n) is 3.92. The number of carbonyl (C=O) groups excluding carboxylic acids is 1. The molecule has 1 amide bonds. The molecule has 1 atom stereocenters. The first-order valence-corrected chi connectivity index (χ1v) is 11.1. The zero-order valence-corrected chi connectivity index (χ0v) is 19.2. The molecule has 33 heavy (non-hydrogen) atoms. The Balaban J connectivity index is 1.47. The normalized spacial score (nSPS) is 11.8. The number of aromatic nitrogens is 2. The van der Waals surface area contributed by atoms with Crippen LogP contribution in [0.5, 0.6) is 11.5 Å². The summed E-state index contributed by atoms with van der Waals surface area (Å²) in [7, 11) is 1.64. The lowest BCUT2D eigenvalue weighted by Crippen LogP contribution is -2.30. The van der Waals surface area contributed by atoms with Gasteiger partial charge in [-0.05, 0) is 61.4 Å². The molecule has 1 unspecified atom stereocenters. The first kappa shape index (κ1) is 22.4. The number of imidazole rings is 1. The Labute approximate surface area is 194 Å². The van der Waals surface area contributed by atoms with Crippen LogP contribution in [0.4, 0.5) is 0 Å². The summed E-state index contributed by atoms with van der Waals surface area (Å²) in [4.78, 5) is 17.6. The van der Waals surface area contributed by atoms with E-state index in [2.05, 4.69) is 9.88 Å². The van der Waals surface area contributed by atoms with E-state index in [-0.39, 0.29) is 11.9 Å². The van der Waals surface area contributed by atoms with Crippen molar-refractivity contribution in [2.45, 2.75) is 32.9 Å². The molecule has 0 aliphatic carbocycles. The lowest BCUT2D eigenvalue weighted by Gasteiger charge is -2.17. The molecule has 4 aromatic rings. The molecule has 0 saturated carbocycles. The second-order valence-corrected chi connectivity index (χ2v) is 8.03. The highest BCUT2D eigenvalue weighted by Gasteiger charge is 2.19. The average molecular weight is 444 g/mol. The quantitative estimate of drug-likeness (QED) is 0.402. The van der Waals surface area contributed by atoms with Gasteiger partial charge in [-0.2, -0.15) is 0 Å². The zero-order valence-electron chi connectivity index (χ0n) is 19.2. The van der Waals surface area contributed by atoms with E-state index in [1.54, 1.807) is 7.11 Å². The number of hydrogen-bond acceptors (Lipinski definition) is 4. The molecule has 6 nitrogen and oxygen atoms in total. The van der Waals surface area contributed by atoms with Crippen LogP contribution in [0.25, 0.3) is 11.0 Å². The molecule has 1 heterocycles. The molecular formula is C27H29N3O3. The third-order valence-corrected chi connectivity index (χ3v) is 5.70. The third-order valence-electron chi connectivity index (χ3n) is 5.70. The van der Waals surface area contributed by atoms with Gasteiger partial charge in [0, 0.05) is 0 Å². The maximum absolute atomic E-state index is 12.7. The standard InChI is InChI=1S/C27H29N3O3/c1-19-8-4-5-9-21(19)18-26(31)28-20(2)27-29-24-10-6-7-11-25(24)30(27)16-17-33-23-14-12-22(32-3)13-15-23/h4-15,20H,16-18H2,1-3H3,(H,28,31). The summed E-state index contributed by atoms with van der Waals surface area (Å²) in [6.45, 7) is 5.08. The van der Waals surface area contributed by atoms with Crippen molar-refractivity contribution in [3.63, 3.8) is 0 Å². The minimum absolute atomic E-state index is 0.0233. The van der Waals surface area contributed by atoms with Crippen molar-refractivity contribution in [3.05, 3.63) is 89.7 Å². The van der Waals surface area contributed by atoms with Crippen molar-refractivity contribution in [1.82, 2.24) is 14.9 Å². The van der Waals surface area contributed by atoms with Crippen molar-refractivity contribution in [1.29, 1.82) is 0 Å². The lowest BCUT2D eigenvalue weighted by molar-refractivity contribution is -0.121. The number of nitrogens with one attached hydrogen (secondary N) is 1. The van der Waals surface area contributed by atoms with Crippen LogP contribution >= 0.6 is 0 Å². The van der Waals surface area contributed by atoms with Crippen LogP contribution in [0.3, 0.4) is 0 Å². The van der Waals surface area contributed by atoms with E-state index < -0.39 is 0 Å². The molecule has 4 rings (SSSR count). The Hall–Kier alpha value is -3.80. The van der Waals surface area contributed by atoms with Gasteiger partial charge in [0.15, 0.2) is 0 Å². The third kappa shape index (κ3) is 5.34. The SMILES string of the molecule is COc1ccc(OCCn2c(C(C)NC(=O)Cc3ccccc3C)nc3ccccc32)cc1. The van der Waals surface area contributed by atoms with E-state index in [0.717, 1.165) is 39.5 Å². The van der Waals surface area contributed by atoms with Crippen LogP contribution in [0.2, 0.25) is 0 Å². The summed E-state index contributed by atoms with van der Waals surface area (Å²) in [6.07, 6.45) is 0.345. The summed E-state index contributed by atoms with van der Waals surface area (Å²) in [5.41, 5.74) is 4.06. The van der Waals surface area contributed by atoms with Gasteiger partial charge in [0.25, 0.3) is 0 Å². The van der Waals surface area contributed by atoms with Gasteiger partial charge in [-0.1, -0.05) is 36.4 Å². The van der Waals surface area contributed by atoms with Crippen LogP contribution in [-0.4, -0.2) is 29.2 Å². The fraction of sp³-hybridized carbons (Fsp3) is 0.259. The van der Waals surface area contributed by atoms with E-state index in [0.29, 0.717) is 19.6 Å². The van der Waals surface area contributed by atoms with E-state index in [9.17, 15) is 4.79 Å². The van der Waals surface area contributed by atoms with E-state index in [1.165, 1.54) is 0 Å². The topological polar surface area (TPSA) is 65.4 Å². The van der Waals surface area contributed by atoms with Gasteiger partial charge in [-0.15, -0.1) is 0 Å². The number of carbonyl (C=O) groups is 1. The lowest BCUT2D eigenvalue weighted by atomic mass is 10.1. The van der Waals surface area contributed by atoms with Crippen molar-refractivity contribution in [2.24, 2.45) is 0 Å². The Morgan fingerprint density at radius 1 is 1.00 bits per heavy atom. The predicted octanol–water partition coefficient (Wildman–Crippen LogP) is 4.85. The van der Waals surface area contributed by atoms with E-state index in [4.69, 9.17) is 14.5 Å². The van der Waals surface area contributed by atoms with Crippen LogP contribution in [-0.2, 0) is 17.8 Å². The van der Waals surface area contributed by atoms with Crippen molar-refractivity contribution < 1.29 is 14.3 Å². The summed E-state index contributed by atoms with van der Waals surface area (Å²) in [5.74, 6) is 2.36. The second kappa shape index (κ2) is 10.2. The van der Waals surface area contributed by atoms with Crippen LogP contribution in [0.15, 0.2) is 72.8 Å². The van der Waals surface area contributed by atoms with Gasteiger partial charge >= 0.3 is 0 Å². The molecule has 1 aromatic heterocycles. The number of para-hydroxylation sites is 2. The zero-order chi connectivity index (χ0) is 23.2. The van der Waals surface area contributed by atoms with Gasteiger partial charge < -0.3 is 19.4 Å². The molecule has 3 aromatic carbocycles. The Kier molecular flexibility index (Phi) is 6.93. The molecule has 0 aliphatic rings. The van der Waals surface area contributed by atoms with E-state index in [1.807, 2.05) is 86.6 Å². The summed E-state index contributed by atoms with van der Waals surface area (Å²) < 4.78 is 13.3.